The van der Waals surface area contributed by atoms with Gasteiger partial charge in [0.1, 0.15) is 5.82 Å². The van der Waals surface area contributed by atoms with Crippen LogP contribution >= 0.6 is 0 Å². The summed E-state index contributed by atoms with van der Waals surface area (Å²) in [5.41, 5.74) is 1.67. The molecule has 1 N–H and O–H groups in total. The molecule has 0 amide bonds. The topological polar surface area (TPSA) is 53.9 Å². The van der Waals surface area contributed by atoms with Crippen LogP contribution in [0.1, 0.15) is 5.56 Å². The number of rotatable bonds is 4. The third-order valence-corrected chi connectivity index (χ3v) is 3.95. The Morgan fingerprint density at radius 1 is 0.889 bits per heavy atom. The molecule has 0 spiro atoms. The number of aromatic nitrogens is 3. The highest BCUT2D eigenvalue weighted by Crippen LogP contribution is 2.34. The van der Waals surface area contributed by atoms with Gasteiger partial charge < -0.3 is 10.2 Å². The van der Waals surface area contributed by atoms with Gasteiger partial charge in [0.05, 0.1) is 17.0 Å². The fourth-order valence-corrected chi connectivity index (χ4v) is 2.51. The van der Waals surface area contributed by atoms with Gasteiger partial charge in [-0.25, -0.2) is 15.0 Å². The summed E-state index contributed by atoms with van der Waals surface area (Å²) in [7, 11) is 5.04. The first-order valence-corrected chi connectivity index (χ1v) is 8.16. The van der Waals surface area contributed by atoms with Crippen LogP contribution < -0.4 is 10.2 Å². The predicted molar refractivity (Wildman–Crippen MR) is 99.6 cm³/mol. The van der Waals surface area contributed by atoms with Crippen LogP contribution in [0.25, 0.3) is 22.5 Å². The zero-order valence-electron chi connectivity index (χ0n) is 15.0. The van der Waals surface area contributed by atoms with Crippen LogP contribution in [0.4, 0.5) is 24.9 Å². The number of hydrogen-bond donors (Lipinski definition) is 1. The summed E-state index contributed by atoms with van der Waals surface area (Å²) in [5.74, 6) is 0.741. The molecule has 0 aliphatic heterocycles. The van der Waals surface area contributed by atoms with Crippen molar-refractivity contribution in [2.45, 2.75) is 6.18 Å². The van der Waals surface area contributed by atoms with Crippen molar-refractivity contribution in [3.8, 4) is 22.5 Å². The van der Waals surface area contributed by atoms with E-state index in [1.807, 2.05) is 0 Å². The van der Waals surface area contributed by atoms with E-state index in [9.17, 15) is 13.2 Å². The standard InChI is InChI=1S/C19H18F3N5/c1-23-18-24-9-8-15(26-18)12-4-6-13(7-5-12)16-10-14(19(20,21)22)11-17(25-16)27(2)3/h4-11H,1-3H3,(H,23,24,26). The summed E-state index contributed by atoms with van der Waals surface area (Å²) < 4.78 is 39.7. The molecule has 0 saturated heterocycles. The van der Waals surface area contributed by atoms with Crippen molar-refractivity contribution < 1.29 is 13.2 Å². The maximum atomic E-state index is 13.2. The smallest absolute Gasteiger partial charge is 0.363 e. The molecule has 140 valence electrons. The molecule has 5 nitrogen and oxygen atoms in total. The van der Waals surface area contributed by atoms with E-state index in [-0.39, 0.29) is 11.5 Å². The molecule has 3 aromatic rings. The number of benzene rings is 1. The minimum absolute atomic E-state index is 0.248. The molecule has 0 saturated carbocycles. The molecular weight excluding hydrogens is 355 g/mol. The Bertz CT molecular complexity index is 937. The molecule has 8 heteroatoms. The molecule has 2 heterocycles. The molecule has 0 bridgehead atoms. The van der Waals surface area contributed by atoms with Crippen LogP contribution in [0.3, 0.4) is 0 Å². The van der Waals surface area contributed by atoms with Crippen molar-refractivity contribution in [3.63, 3.8) is 0 Å². The molecule has 0 fully saturated rings. The van der Waals surface area contributed by atoms with Crippen LogP contribution in [0.5, 0.6) is 0 Å². The van der Waals surface area contributed by atoms with Gasteiger partial charge in [0.15, 0.2) is 0 Å². The zero-order valence-corrected chi connectivity index (χ0v) is 15.0. The van der Waals surface area contributed by atoms with Crippen molar-refractivity contribution in [1.29, 1.82) is 0 Å². The second kappa shape index (κ2) is 7.22. The van der Waals surface area contributed by atoms with Crippen molar-refractivity contribution in [3.05, 3.63) is 54.2 Å². The largest absolute Gasteiger partial charge is 0.416 e. The van der Waals surface area contributed by atoms with E-state index in [0.29, 0.717) is 17.2 Å². The van der Waals surface area contributed by atoms with Gasteiger partial charge in [-0.15, -0.1) is 0 Å². The summed E-state index contributed by atoms with van der Waals surface area (Å²) in [6.07, 6.45) is -2.80. The zero-order chi connectivity index (χ0) is 19.6. The lowest BCUT2D eigenvalue weighted by Crippen LogP contribution is -2.14. The third kappa shape index (κ3) is 4.16. The Morgan fingerprint density at radius 3 is 2.07 bits per heavy atom. The van der Waals surface area contributed by atoms with Gasteiger partial charge in [-0.1, -0.05) is 24.3 Å². The van der Waals surface area contributed by atoms with E-state index in [0.717, 1.165) is 17.7 Å². The number of halogens is 3. The fourth-order valence-electron chi connectivity index (χ4n) is 2.51. The van der Waals surface area contributed by atoms with Gasteiger partial charge in [-0.2, -0.15) is 13.2 Å². The van der Waals surface area contributed by atoms with E-state index in [1.54, 1.807) is 62.6 Å². The van der Waals surface area contributed by atoms with E-state index in [1.165, 1.54) is 0 Å². The molecule has 0 aliphatic rings. The molecule has 1 aromatic carbocycles. The lowest BCUT2D eigenvalue weighted by atomic mass is 10.0. The van der Waals surface area contributed by atoms with Crippen LogP contribution in [0.15, 0.2) is 48.7 Å². The Labute approximate surface area is 154 Å². The van der Waals surface area contributed by atoms with Crippen molar-refractivity contribution in [1.82, 2.24) is 15.0 Å². The van der Waals surface area contributed by atoms with Gasteiger partial charge >= 0.3 is 6.18 Å². The highest BCUT2D eigenvalue weighted by molar-refractivity contribution is 5.68. The summed E-state index contributed by atoms with van der Waals surface area (Å²) in [6.45, 7) is 0. The fraction of sp³-hybridized carbons (Fsp3) is 0.211. The maximum absolute atomic E-state index is 13.2. The molecule has 3 rings (SSSR count). The molecule has 0 aliphatic carbocycles. The van der Waals surface area contributed by atoms with E-state index in [4.69, 9.17) is 0 Å². The number of nitrogens with zero attached hydrogens (tertiary/aromatic N) is 4. The second-order valence-electron chi connectivity index (χ2n) is 6.08. The Hall–Kier alpha value is -3.16. The number of pyridine rings is 1. The number of hydrogen-bond acceptors (Lipinski definition) is 5. The van der Waals surface area contributed by atoms with E-state index >= 15 is 0 Å². The SMILES string of the molecule is CNc1nccc(-c2ccc(-c3cc(C(F)(F)F)cc(N(C)C)n3)cc2)n1. The van der Waals surface area contributed by atoms with Gasteiger partial charge in [-0.05, 0) is 18.2 Å². The first-order chi connectivity index (χ1) is 12.8. The summed E-state index contributed by atoms with van der Waals surface area (Å²) in [6, 6.07) is 10.9. The number of anilines is 2. The number of alkyl halides is 3. The van der Waals surface area contributed by atoms with Gasteiger partial charge in [0.2, 0.25) is 5.95 Å². The highest BCUT2D eigenvalue weighted by Gasteiger charge is 2.32. The van der Waals surface area contributed by atoms with Gasteiger partial charge in [0, 0.05) is 38.5 Å². The monoisotopic (exact) mass is 373 g/mol. The molecule has 0 unspecified atom stereocenters. The Kier molecular flexibility index (Phi) is 4.98. The molecular formula is C19H18F3N5. The van der Waals surface area contributed by atoms with Gasteiger partial charge in [-0.3, -0.25) is 0 Å². The van der Waals surface area contributed by atoms with Crippen molar-refractivity contribution >= 4 is 11.8 Å². The molecule has 2 aromatic heterocycles. The summed E-state index contributed by atoms with van der Waals surface area (Å²) in [5, 5.41) is 2.87. The molecule has 0 atom stereocenters. The summed E-state index contributed by atoms with van der Waals surface area (Å²) in [4.78, 5) is 14.3. The van der Waals surface area contributed by atoms with E-state index < -0.39 is 11.7 Å². The summed E-state index contributed by atoms with van der Waals surface area (Å²) >= 11 is 0. The minimum atomic E-state index is -4.44. The number of nitrogens with one attached hydrogen (secondary N) is 1. The lowest BCUT2D eigenvalue weighted by molar-refractivity contribution is -0.137. The lowest BCUT2D eigenvalue weighted by Gasteiger charge is -2.16. The minimum Gasteiger partial charge on any atom is -0.363 e. The van der Waals surface area contributed by atoms with Crippen LogP contribution in [-0.2, 0) is 6.18 Å². The van der Waals surface area contributed by atoms with E-state index in [2.05, 4.69) is 20.3 Å². The van der Waals surface area contributed by atoms with Crippen LogP contribution in [0, 0.1) is 0 Å². The highest BCUT2D eigenvalue weighted by atomic mass is 19.4. The third-order valence-electron chi connectivity index (χ3n) is 3.95. The maximum Gasteiger partial charge on any atom is 0.416 e. The van der Waals surface area contributed by atoms with Crippen LogP contribution in [0.2, 0.25) is 0 Å². The normalized spacial score (nSPS) is 11.3. The van der Waals surface area contributed by atoms with Gasteiger partial charge in [0.25, 0.3) is 0 Å². The average Bonchev–Trinajstić information content (AvgIpc) is 2.67. The van der Waals surface area contributed by atoms with Crippen molar-refractivity contribution in [2.75, 3.05) is 31.4 Å². The molecule has 27 heavy (non-hydrogen) atoms. The average molecular weight is 373 g/mol. The molecule has 0 radical (unpaired) electrons. The van der Waals surface area contributed by atoms with Crippen LogP contribution in [-0.4, -0.2) is 36.1 Å². The van der Waals surface area contributed by atoms with Crippen molar-refractivity contribution in [2.24, 2.45) is 0 Å². The first-order valence-electron chi connectivity index (χ1n) is 8.16. The Morgan fingerprint density at radius 2 is 1.52 bits per heavy atom. The second-order valence-corrected chi connectivity index (χ2v) is 6.08. The predicted octanol–water partition coefficient (Wildman–Crippen LogP) is 4.33. The quantitative estimate of drug-likeness (QED) is 0.738. The Balaban J connectivity index is 2.00. The first kappa shape index (κ1) is 18.6.